The summed E-state index contributed by atoms with van der Waals surface area (Å²) in [5.74, 6) is 0.231. The molecule has 0 unspecified atom stereocenters. The Labute approximate surface area is 56.6 Å². The van der Waals surface area contributed by atoms with Gasteiger partial charge < -0.3 is 5.32 Å². The number of nitrogens with one attached hydrogen (secondary N) is 1. The van der Waals surface area contributed by atoms with Gasteiger partial charge in [-0.2, -0.15) is 0 Å². The van der Waals surface area contributed by atoms with Crippen LogP contribution in [0.1, 0.15) is 27.2 Å². The lowest BCUT2D eigenvalue weighted by molar-refractivity contribution is -0.118. The predicted molar refractivity (Wildman–Crippen MR) is 38.4 cm³/mol. The highest BCUT2D eigenvalue weighted by atomic mass is 16.1. The van der Waals surface area contributed by atoms with Crippen molar-refractivity contribution in [2.45, 2.75) is 32.7 Å². The van der Waals surface area contributed by atoms with Gasteiger partial charge in [0.25, 0.3) is 0 Å². The number of ketones is 1. The summed E-state index contributed by atoms with van der Waals surface area (Å²) in [6.45, 7) is 5.63. The van der Waals surface area contributed by atoms with Crippen molar-refractivity contribution in [1.29, 1.82) is 0 Å². The van der Waals surface area contributed by atoms with Crippen molar-refractivity contribution in [3.8, 4) is 0 Å². The Hall–Kier alpha value is -0.370. The number of hydrogen-bond acceptors (Lipinski definition) is 2. The number of carbonyl (C=O) groups excluding carboxylic acids is 1. The summed E-state index contributed by atoms with van der Waals surface area (Å²) >= 11 is 0. The largest absolute Gasteiger partial charge is 0.314 e. The molecular weight excluding hydrogens is 114 g/mol. The molecule has 2 heteroatoms. The van der Waals surface area contributed by atoms with Crippen molar-refractivity contribution in [1.82, 2.24) is 5.32 Å². The summed E-state index contributed by atoms with van der Waals surface area (Å²) in [6.07, 6.45) is 0.601. The third-order valence-corrected chi connectivity index (χ3v) is 1.37. The van der Waals surface area contributed by atoms with Crippen LogP contribution < -0.4 is 5.32 Å². The van der Waals surface area contributed by atoms with E-state index in [0.717, 1.165) is 0 Å². The molecule has 0 rings (SSSR count). The van der Waals surface area contributed by atoms with Crippen molar-refractivity contribution in [3.05, 3.63) is 0 Å². The molecule has 54 valence electrons. The molecule has 0 heterocycles. The molecule has 0 saturated carbocycles. The summed E-state index contributed by atoms with van der Waals surface area (Å²) in [5, 5.41) is 3.05. The van der Waals surface area contributed by atoms with Crippen LogP contribution in [-0.2, 0) is 4.79 Å². The maximum Gasteiger partial charge on any atom is 0.131 e. The first kappa shape index (κ1) is 8.63. The maximum atomic E-state index is 10.6. The Morgan fingerprint density at radius 1 is 1.56 bits per heavy atom. The molecule has 0 aliphatic rings. The predicted octanol–water partition coefficient (Wildman–Crippen LogP) is 0.963. The fraction of sp³-hybridized carbons (Fsp3) is 0.857. The molecule has 9 heavy (non-hydrogen) atoms. The molecule has 0 aromatic rings. The van der Waals surface area contributed by atoms with Gasteiger partial charge in [0.2, 0.25) is 0 Å². The lowest BCUT2D eigenvalue weighted by atomic mass is 9.99. The summed E-state index contributed by atoms with van der Waals surface area (Å²) in [7, 11) is 1.86. The first-order chi connectivity index (χ1) is 3.98. The summed E-state index contributed by atoms with van der Waals surface area (Å²) in [5.41, 5.74) is -0.0359. The van der Waals surface area contributed by atoms with Gasteiger partial charge in [0.05, 0.1) is 0 Å². The van der Waals surface area contributed by atoms with Crippen molar-refractivity contribution in [2.24, 2.45) is 0 Å². The van der Waals surface area contributed by atoms with Gasteiger partial charge in [-0.1, -0.05) is 0 Å². The van der Waals surface area contributed by atoms with Crippen molar-refractivity contribution in [3.63, 3.8) is 0 Å². The van der Waals surface area contributed by atoms with Crippen molar-refractivity contribution < 1.29 is 4.79 Å². The van der Waals surface area contributed by atoms with Crippen molar-refractivity contribution >= 4 is 5.78 Å². The van der Waals surface area contributed by atoms with Gasteiger partial charge in [0.15, 0.2) is 0 Å². The molecule has 0 fully saturated rings. The van der Waals surface area contributed by atoms with E-state index < -0.39 is 0 Å². The fourth-order valence-corrected chi connectivity index (χ4v) is 0.711. The molecule has 0 aliphatic heterocycles. The monoisotopic (exact) mass is 129 g/mol. The van der Waals surface area contributed by atoms with E-state index in [-0.39, 0.29) is 11.3 Å². The van der Waals surface area contributed by atoms with Gasteiger partial charge in [-0.3, -0.25) is 4.79 Å². The summed E-state index contributed by atoms with van der Waals surface area (Å²) in [4.78, 5) is 10.6. The molecule has 0 aromatic heterocycles. The highest BCUT2D eigenvalue weighted by molar-refractivity contribution is 5.76. The highest BCUT2D eigenvalue weighted by Crippen LogP contribution is 2.06. The van der Waals surface area contributed by atoms with Gasteiger partial charge in [-0.25, -0.2) is 0 Å². The van der Waals surface area contributed by atoms with Gasteiger partial charge in [0, 0.05) is 12.0 Å². The van der Waals surface area contributed by atoms with Gasteiger partial charge in [0.1, 0.15) is 5.78 Å². The Morgan fingerprint density at radius 3 is 2.11 bits per heavy atom. The molecule has 0 amide bonds. The molecule has 0 aromatic carbocycles. The third-order valence-electron chi connectivity index (χ3n) is 1.37. The Balaban J connectivity index is 3.71. The lowest BCUT2D eigenvalue weighted by Gasteiger charge is -2.21. The second-order valence-electron chi connectivity index (χ2n) is 3.01. The number of Topliss-reactive ketones (excluding diaryl/α,β-unsaturated/α-hetero) is 1. The topological polar surface area (TPSA) is 29.1 Å². The molecule has 0 spiro atoms. The second-order valence-corrected chi connectivity index (χ2v) is 3.01. The van der Waals surface area contributed by atoms with Crippen LogP contribution in [0.3, 0.4) is 0 Å². The lowest BCUT2D eigenvalue weighted by Crippen LogP contribution is -2.37. The second kappa shape index (κ2) is 2.97. The zero-order chi connectivity index (χ0) is 7.49. The normalized spacial score (nSPS) is 11.6. The third kappa shape index (κ3) is 4.15. The average molecular weight is 129 g/mol. The first-order valence-electron chi connectivity index (χ1n) is 3.16. The number of carbonyl (C=O) groups is 1. The van der Waals surface area contributed by atoms with E-state index in [1.807, 2.05) is 20.9 Å². The van der Waals surface area contributed by atoms with Crippen LogP contribution in [-0.4, -0.2) is 18.4 Å². The first-order valence-corrected chi connectivity index (χ1v) is 3.16. The van der Waals surface area contributed by atoms with Crippen LogP contribution in [0.2, 0.25) is 0 Å². The minimum atomic E-state index is -0.0359. The minimum Gasteiger partial charge on any atom is -0.314 e. The van der Waals surface area contributed by atoms with E-state index in [2.05, 4.69) is 5.32 Å². The van der Waals surface area contributed by atoms with Crippen molar-refractivity contribution in [2.75, 3.05) is 7.05 Å². The molecule has 0 atom stereocenters. The quantitative estimate of drug-likeness (QED) is 0.615. The standard InChI is InChI=1S/C7H15NO/c1-6(9)5-7(2,3)8-4/h8H,5H2,1-4H3. The minimum absolute atomic E-state index is 0.0359. The van der Waals surface area contributed by atoms with Crippen LogP contribution in [0.4, 0.5) is 0 Å². The maximum absolute atomic E-state index is 10.6. The molecule has 2 nitrogen and oxygen atoms in total. The average Bonchev–Trinajstić information content (AvgIpc) is 1.63. The summed E-state index contributed by atoms with van der Waals surface area (Å²) < 4.78 is 0. The van der Waals surface area contributed by atoms with E-state index in [4.69, 9.17) is 0 Å². The molecule has 0 aliphatic carbocycles. The Morgan fingerprint density at radius 2 is 2.00 bits per heavy atom. The fourth-order valence-electron chi connectivity index (χ4n) is 0.711. The molecular formula is C7H15NO. The SMILES string of the molecule is CNC(C)(C)CC(C)=O. The van der Waals surface area contributed by atoms with E-state index >= 15 is 0 Å². The smallest absolute Gasteiger partial charge is 0.131 e. The summed E-state index contributed by atoms with van der Waals surface area (Å²) in [6, 6.07) is 0. The molecule has 0 saturated heterocycles. The Kier molecular flexibility index (Phi) is 2.85. The molecule has 0 radical (unpaired) electrons. The number of rotatable bonds is 3. The van der Waals surface area contributed by atoms with Crippen LogP contribution in [0.25, 0.3) is 0 Å². The van der Waals surface area contributed by atoms with Crippen LogP contribution in [0.15, 0.2) is 0 Å². The van der Waals surface area contributed by atoms with E-state index in [1.165, 1.54) is 0 Å². The van der Waals surface area contributed by atoms with E-state index in [9.17, 15) is 4.79 Å². The Bertz CT molecular complexity index is 107. The number of hydrogen-bond donors (Lipinski definition) is 1. The highest BCUT2D eigenvalue weighted by Gasteiger charge is 2.15. The van der Waals surface area contributed by atoms with E-state index in [1.54, 1.807) is 6.92 Å². The van der Waals surface area contributed by atoms with Crippen LogP contribution in [0, 0.1) is 0 Å². The van der Waals surface area contributed by atoms with Gasteiger partial charge in [-0.15, -0.1) is 0 Å². The van der Waals surface area contributed by atoms with E-state index in [0.29, 0.717) is 6.42 Å². The van der Waals surface area contributed by atoms with Crippen LogP contribution >= 0.6 is 0 Å². The zero-order valence-electron chi connectivity index (χ0n) is 6.62. The van der Waals surface area contributed by atoms with Crippen LogP contribution in [0.5, 0.6) is 0 Å². The van der Waals surface area contributed by atoms with Gasteiger partial charge in [-0.05, 0) is 27.8 Å². The molecule has 1 N–H and O–H groups in total. The molecule has 0 bridgehead atoms. The zero-order valence-corrected chi connectivity index (χ0v) is 6.62. The van der Waals surface area contributed by atoms with Gasteiger partial charge >= 0.3 is 0 Å².